The lowest BCUT2D eigenvalue weighted by Crippen LogP contribution is -2.44. The van der Waals surface area contributed by atoms with Gasteiger partial charge < -0.3 is 15.1 Å². The molecule has 2 heterocycles. The van der Waals surface area contributed by atoms with Crippen LogP contribution in [0, 0.1) is 0 Å². The summed E-state index contributed by atoms with van der Waals surface area (Å²) in [6.45, 7) is 7.64. The van der Waals surface area contributed by atoms with Crippen LogP contribution in [0.5, 0.6) is 0 Å². The summed E-state index contributed by atoms with van der Waals surface area (Å²) in [6, 6.07) is 0. The second kappa shape index (κ2) is 5.47. The summed E-state index contributed by atoms with van der Waals surface area (Å²) in [6.07, 6.45) is 2.96. The number of rotatable bonds is 4. The van der Waals surface area contributed by atoms with E-state index in [0.717, 1.165) is 65.1 Å². The number of hydrogen-bond acceptors (Lipinski definition) is 3. The van der Waals surface area contributed by atoms with Crippen molar-refractivity contribution in [3.63, 3.8) is 0 Å². The Kier molecular flexibility index (Phi) is 3.97. The minimum absolute atomic E-state index is 0.357. The average molecular weight is 211 g/mol. The highest BCUT2D eigenvalue weighted by atomic mass is 16.2. The highest BCUT2D eigenvalue weighted by Crippen LogP contribution is 2.09. The Morgan fingerprint density at radius 1 is 1.13 bits per heavy atom. The fourth-order valence-corrected chi connectivity index (χ4v) is 2.36. The molecule has 0 saturated carbocycles. The maximum absolute atomic E-state index is 11.4. The van der Waals surface area contributed by atoms with Gasteiger partial charge in [0.15, 0.2) is 0 Å². The first-order valence-corrected chi connectivity index (χ1v) is 6.07. The van der Waals surface area contributed by atoms with E-state index in [9.17, 15) is 4.79 Å². The lowest BCUT2D eigenvalue weighted by molar-refractivity contribution is -0.127. The number of likely N-dealkylation sites (tertiary alicyclic amines) is 1. The van der Waals surface area contributed by atoms with Gasteiger partial charge in [0.05, 0.1) is 0 Å². The Hall–Kier alpha value is -0.610. The first kappa shape index (κ1) is 10.9. The summed E-state index contributed by atoms with van der Waals surface area (Å²) >= 11 is 0. The minimum Gasteiger partial charge on any atom is -0.343 e. The summed E-state index contributed by atoms with van der Waals surface area (Å²) in [4.78, 5) is 15.9. The van der Waals surface area contributed by atoms with Gasteiger partial charge in [-0.2, -0.15) is 0 Å². The van der Waals surface area contributed by atoms with Crippen molar-refractivity contribution in [3.8, 4) is 0 Å². The molecule has 4 nitrogen and oxygen atoms in total. The molecule has 0 aromatic rings. The quantitative estimate of drug-likeness (QED) is 0.705. The van der Waals surface area contributed by atoms with Crippen molar-refractivity contribution in [2.45, 2.75) is 19.3 Å². The van der Waals surface area contributed by atoms with E-state index in [-0.39, 0.29) is 0 Å². The van der Waals surface area contributed by atoms with Crippen LogP contribution in [0.4, 0.5) is 0 Å². The topological polar surface area (TPSA) is 35.6 Å². The molecule has 0 atom stereocenters. The normalized spacial score (nSPS) is 23.7. The molecule has 0 radical (unpaired) electrons. The van der Waals surface area contributed by atoms with E-state index in [1.807, 2.05) is 4.90 Å². The molecule has 86 valence electrons. The Balaban J connectivity index is 1.59. The van der Waals surface area contributed by atoms with Crippen LogP contribution < -0.4 is 5.32 Å². The molecule has 0 bridgehead atoms. The van der Waals surface area contributed by atoms with E-state index in [4.69, 9.17) is 0 Å². The van der Waals surface area contributed by atoms with Gasteiger partial charge in [-0.25, -0.2) is 0 Å². The standard InChI is InChI=1S/C11H21N3O/c15-11-3-1-7-14(11)8-2-6-13-9-4-12-5-10-13/h12H,1-10H2. The molecule has 0 aromatic carbocycles. The van der Waals surface area contributed by atoms with E-state index < -0.39 is 0 Å². The Morgan fingerprint density at radius 2 is 1.93 bits per heavy atom. The summed E-state index contributed by atoms with van der Waals surface area (Å²) in [5.74, 6) is 0.357. The van der Waals surface area contributed by atoms with Crippen LogP contribution in [0.1, 0.15) is 19.3 Å². The molecule has 1 N–H and O–H groups in total. The van der Waals surface area contributed by atoms with Crippen LogP contribution >= 0.6 is 0 Å². The first-order chi connectivity index (χ1) is 7.36. The van der Waals surface area contributed by atoms with E-state index >= 15 is 0 Å². The van der Waals surface area contributed by atoms with Gasteiger partial charge in [-0.05, 0) is 19.4 Å². The van der Waals surface area contributed by atoms with E-state index in [2.05, 4.69) is 10.2 Å². The fraction of sp³-hybridized carbons (Fsp3) is 0.909. The predicted molar refractivity (Wildman–Crippen MR) is 59.7 cm³/mol. The van der Waals surface area contributed by atoms with Crippen LogP contribution in [-0.4, -0.2) is 61.5 Å². The van der Waals surface area contributed by atoms with Gasteiger partial charge in [0.1, 0.15) is 0 Å². The number of carbonyl (C=O) groups is 1. The van der Waals surface area contributed by atoms with E-state index in [0.29, 0.717) is 5.91 Å². The lowest BCUT2D eigenvalue weighted by atomic mass is 10.3. The van der Waals surface area contributed by atoms with Crippen molar-refractivity contribution >= 4 is 5.91 Å². The van der Waals surface area contributed by atoms with Crippen LogP contribution in [0.3, 0.4) is 0 Å². The van der Waals surface area contributed by atoms with Gasteiger partial charge in [0, 0.05) is 45.7 Å². The third kappa shape index (κ3) is 3.18. The van der Waals surface area contributed by atoms with Gasteiger partial charge in [-0.3, -0.25) is 4.79 Å². The van der Waals surface area contributed by atoms with Crippen molar-refractivity contribution in [2.75, 3.05) is 45.8 Å². The van der Waals surface area contributed by atoms with Crippen LogP contribution in [0.2, 0.25) is 0 Å². The number of piperazine rings is 1. The fourth-order valence-electron chi connectivity index (χ4n) is 2.36. The minimum atomic E-state index is 0.357. The zero-order valence-corrected chi connectivity index (χ0v) is 9.37. The molecular formula is C11H21N3O. The number of nitrogens with one attached hydrogen (secondary N) is 1. The van der Waals surface area contributed by atoms with Crippen LogP contribution in [0.15, 0.2) is 0 Å². The highest BCUT2D eigenvalue weighted by Gasteiger charge is 2.19. The Morgan fingerprint density at radius 3 is 2.60 bits per heavy atom. The highest BCUT2D eigenvalue weighted by molar-refractivity contribution is 5.77. The smallest absolute Gasteiger partial charge is 0.222 e. The van der Waals surface area contributed by atoms with Crippen molar-refractivity contribution in [1.29, 1.82) is 0 Å². The SMILES string of the molecule is O=C1CCCN1CCCN1CCNCC1. The lowest BCUT2D eigenvalue weighted by Gasteiger charge is -2.27. The Labute approximate surface area is 91.6 Å². The van der Waals surface area contributed by atoms with Gasteiger partial charge in [0.25, 0.3) is 0 Å². The molecule has 2 rings (SSSR count). The third-order valence-corrected chi connectivity index (χ3v) is 3.28. The van der Waals surface area contributed by atoms with Crippen molar-refractivity contribution in [1.82, 2.24) is 15.1 Å². The largest absolute Gasteiger partial charge is 0.343 e. The second-order valence-electron chi connectivity index (χ2n) is 4.43. The molecule has 2 aliphatic heterocycles. The second-order valence-corrected chi connectivity index (χ2v) is 4.43. The zero-order chi connectivity index (χ0) is 10.5. The predicted octanol–water partition coefficient (Wildman–Crippen LogP) is -0.0959. The molecule has 4 heteroatoms. The van der Waals surface area contributed by atoms with Gasteiger partial charge >= 0.3 is 0 Å². The first-order valence-electron chi connectivity index (χ1n) is 6.07. The maximum atomic E-state index is 11.4. The van der Waals surface area contributed by atoms with Crippen molar-refractivity contribution < 1.29 is 4.79 Å². The van der Waals surface area contributed by atoms with Gasteiger partial charge in [-0.15, -0.1) is 0 Å². The molecular weight excluding hydrogens is 190 g/mol. The molecule has 0 aliphatic carbocycles. The molecule has 0 aromatic heterocycles. The van der Waals surface area contributed by atoms with E-state index in [1.54, 1.807) is 0 Å². The van der Waals surface area contributed by atoms with Gasteiger partial charge in [-0.1, -0.05) is 0 Å². The summed E-state index contributed by atoms with van der Waals surface area (Å²) < 4.78 is 0. The summed E-state index contributed by atoms with van der Waals surface area (Å²) in [5, 5.41) is 3.35. The Bertz CT molecular complexity index is 214. The average Bonchev–Trinajstić information content (AvgIpc) is 2.66. The van der Waals surface area contributed by atoms with E-state index in [1.165, 1.54) is 0 Å². The molecule has 15 heavy (non-hydrogen) atoms. The number of nitrogens with zero attached hydrogens (tertiary/aromatic N) is 2. The van der Waals surface area contributed by atoms with Gasteiger partial charge in [0.2, 0.25) is 5.91 Å². The molecule has 2 saturated heterocycles. The molecule has 0 spiro atoms. The molecule has 0 unspecified atom stereocenters. The summed E-state index contributed by atoms with van der Waals surface area (Å²) in [7, 11) is 0. The zero-order valence-electron chi connectivity index (χ0n) is 9.37. The molecule has 2 fully saturated rings. The van der Waals surface area contributed by atoms with Crippen LogP contribution in [0.25, 0.3) is 0 Å². The number of carbonyl (C=O) groups excluding carboxylic acids is 1. The molecule has 2 aliphatic rings. The van der Waals surface area contributed by atoms with Crippen LogP contribution in [-0.2, 0) is 4.79 Å². The maximum Gasteiger partial charge on any atom is 0.222 e. The van der Waals surface area contributed by atoms with Crippen molar-refractivity contribution in [2.24, 2.45) is 0 Å². The number of hydrogen-bond donors (Lipinski definition) is 1. The van der Waals surface area contributed by atoms with Crippen molar-refractivity contribution in [3.05, 3.63) is 0 Å². The monoisotopic (exact) mass is 211 g/mol. The number of amides is 1. The third-order valence-electron chi connectivity index (χ3n) is 3.28. The summed E-state index contributed by atoms with van der Waals surface area (Å²) in [5.41, 5.74) is 0. The molecule has 1 amide bonds.